The van der Waals surface area contributed by atoms with Gasteiger partial charge in [-0.05, 0) is 37.5 Å². The van der Waals surface area contributed by atoms with Crippen LogP contribution < -0.4 is 4.90 Å². The Balaban J connectivity index is 1.57. The number of fused-ring (bicyclic) bond motifs is 2. The van der Waals surface area contributed by atoms with Gasteiger partial charge in [-0.25, -0.2) is 0 Å². The normalized spacial score (nSPS) is 13.5. The predicted molar refractivity (Wildman–Crippen MR) is 117 cm³/mol. The lowest BCUT2D eigenvalue weighted by molar-refractivity contribution is -0.143. The lowest BCUT2D eigenvalue weighted by Crippen LogP contribution is -2.33. The molecule has 0 saturated heterocycles. The number of para-hydroxylation sites is 2. The number of azo groups is 1. The summed E-state index contributed by atoms with van der Waals surface area (Å²) in [4.78, 5) is 26.5. The number of ether oxygens (including phenoxy) is 1. The van der Waals surface area contributed by atoms with Crippen LogP contribution in [0.4, 0.5) is 11.4 Å². The van der Waals surface area contributed by atoms with E-state index in [-0.39, 0.29) is 31.3 Å². The average Bonchev–Trinajstić information content (AvgIpc) is 3.04. The number of rotatable bonds is 6. The van der Waals surface area contributed by atoms with Gasteiger partial charge in [-0.2, -0.15) is 0 Å². The molecule has 0 spiro atoms. The zero-order valence-corrected chi connectivity index (χ0v) is 17.3. The molecule has 0 saturated carbocycles. The summed E-state index contributed by atoms with van der Waals surface area (Å²) in [6, 6.07) is 15.2. The Morgan fingerprint density at radius 3 is 2.71 bits per heavy atom. The third-order valence-electron chi connectivity index (χ3n) is 5.30. The molecule has 0 atom stereocenters. The second kappa shape index (κ2) is 8.99. The molecule has 31 heavy (non-hydrogen) atoms. The van der Waals surface area contributed by atoms with E-state index in [1.807, 2.05) is 23.1 Å². The van der Waals surface area contributed by atoms with Gasteiger partial charge in [-0.15, -0.1) is 10.2 Å². The summed E-state index contributed by atoms with van der Waals surface area (Å²) in [6.07, 6.45) is 1.97. The molecule has 1 aromatic heterocycles. The lowest BCUT2D eigenvalue weighted by Gasteiger charge is -2.29. The minimum Gasteiger partial charge on any atom is -0.493 e. The van der Waals surface area contributed by atoms with E-state index in [0.29, 0.717) is 10.9 Å². The van der Waals surface area contributed by atoms with E-state index in [9.17, 15) is 14.7 Å². The molecule has 8 heteroatoms. The molecule has 160 valence electrons. The zero-order chi connectivity index (χ0) is 21.8. The van der Waals surface area contributed by atoms with Gasteiger partial charge in [-0.3, -0.25) is 14.2 Å². The van der Waals surface area contributed by atoms with Crippen LogP contribution in [0.3, 0.4) is 0 Å². The largest absolute Gasteiger partial charge is 0.493 e. The number of nitrogens with zero attached hydrogens (tertiary/aromatic N) is 4. The van der Waals surface area contributed by atoms with Crippen molar-refractivity contribution >= 4 is 34.2 Å². The molecule has 3 aromatic rings. The molecule has 0 radical (unpaired) electrons. The number of aromatic hydroxyl groups is 1. The van der Waals surface area contributed by atoms with E-state index in [4.69, 9.17) is 4.74 Å². The monoisotopic (exact) mass is 420 g/mol. The first kappa shape index (κ1) is 20.6. The molecule has 8 nitrogen and oxygen atoms in total. The Morgan fingerprint density at radius 1 is 1.10 bits per heavy atom. The Kier molecular flexibility index (Phi) is 5.97. The van der Waals surface area contributed by atoms with Crippen LogP contribution in [0.2, 0.25) is 0 Å². The summed E-state index contributed by atoms with van der Waals surface area (Å²) in [6.45, 7) is 2.70. The second-order valence-corrected chi connectivity index (χ2v) is 7.33. The molecule has 1 aliphatic rings. The Labute approximate surface area is 179 Å². The van der Waals surface area contributed by atoms with Crippen molar-refractivity contribution in [2.45, 2.75) is 26.3 Å². The number of aromatic nitrogens is 1. The van der Waals surface area contributed by atoms with Crippen molar-refractivity contribution in [1.82, 2.24) is 4.57 Å². The molecular formula is C23H24N4O4. The van der Waals surface area contributed by atoms with Crippen LogP contribution in [0.1, 0.15) is 18.9 Å². The SMILES string of the molecule is CCOC(=O)Cn1c(O)c(N=NC(=O)CN2CCCc3ccccc32)c2ccccc21. The molecule has 0 unspecified atom stereocenters. The van der Waals surface area contributed by atoms with Crippen molar-refractivity contribution in [3.63, 3.8) is 0 Å². The van der Waals surface area contributed by atoms with Gasteiger partial charge in [0.05, 0.1) is 12.1 Å². The summed E-state index contributed by atoms with van der Waals surface area (Å²) in [7, 11) is 0. The fourth-order valence-corrected chi connectivity index (χ4v) is 3.94. The first-order valence-electron chi connectivity index (χ1n) is 10.3. The maximum Gasteiger partial charge on any atom is 0.326 e. The van der Waals surface area contributed by atoms with Crippen molar-refractivity contribution in [3.05, 3.63) is 54.1 Å². The van der Waals surface area contributed by atoms with Crippen LogP contribution >= 0.6 is 0 Å². The van der Waals surface area contributed by atoms with Crippen molar-refractivity contribution in [1.29, 1.82) is 0 Å². The molecule has 0 aliphatic carbocycles. The molecule has 1 aliphatic heterocycles. The second-order valence-electron chi connectivity index (χ2n) is 7.33. The Hall–Kier alpha value is -3.68. The van der Waals surface area contributed by atoms with Crippen molar-refractivity contribution in [2.24, 2.45) is 10.2 Å². The van der Waals surface area contributed by atoms with Crippen LogP contribution in [-0.2, 0) is 27.3 Å². The molecule has 0 fully saturated rings. The van der Waals surface area contributed by atoms with Crippen LogP contribution in [0, 0.1) is 0 Å². The third-order valence-corrected chi connectivity index (χ3v) is 5.30. The quantitative estimate of drug-likeness (QED) is 0.481. The maximum atomic E-state index is 12.5. The summed E-state index contributed by atoms with van der Waals surface area (Å²) < 4.78 is 6.40. The fraction of sp³-hybridized carbons (Fsp3) is 0.304. The van der Waals surface area contributed by atoms with Gasteiger partial charge in [0.25, 0.3) is 5.91 Å². The van der Waals surface area contributed by atoms with Gasteiger partial charge in [0.15, 0.2) is 5.69 Å². The van der Waals surface area contributed by atoms with E-state index < -0.39 is 11.9 Å². The number of hydrogen-bond acceptors (Lipinski definition) is 6. The topological polar surface area (TPSA) is 96.5 Å². The number of amides is 1. The van der Waals surface area contributed by atoms with Gasteiger partial charge in [0.1, 0.15) is 13.1 Å². The highest BCUT2D eigenvalue weighted by Crippen LogP contribution is 2.38. The molecule has 2 heterocycles. The molecule has 0 bridgehead atoms. The molecule has 2 aromatic carbocycles. The smallest absolute Gasteiger partial charge is 0.326 e. The minimum atomic E-state index is -0.470. The highest BCUT2D eigenvalue weighted by molar-refractivity contribution is 5.96. The Bertz CT molecular complexity index is 1150. The Morgan fingerprint density at radius 2 is 1.87 bits per heavy atom. The minimum absolute atomic E-state index is 0.114. The van der Waals surface area contributed by atoms with Gasteiger partial charge in [0, 0.05) is 17.6 Å². The number of carbonyl (C=O) groups excluding carboxylic acids is 2. The van der Waals surface area contributed by atoms with E-state index >= 15 is 0 Å². The van der Waals surface area contributed by atoms with Crippen LogP contribution in [0.25, 0.3) is 10.9 Å². The summed E-state index contributed by atoms with van der Waals surface area (Å²) in [5.41, 5.74) is 3.04. The van der Waals surface area contributed by atoms with Crippen LogP contribution in [-0.4, -0.2) is 41.2 Å². The fourth-order valence-electron chi connectivity index (χ4n) is 3.94. The van der Waals surface area contributed by atoms with E-state index in [1.165, 1.54) is 10.1 Å². The summed E-state index contributed by atoms with van der Waals surface area (Å²) in [5, 5.41) is 19.2. The van der Waals surface area contributed by atoms with E-state index in [0.717, 1.165) is 25.1 Å². The van der Waals surface area contributed by atoms with Gasteiger partial charge in [-0.1, -0.05) is 36.4 Å². The predicted octanol–water partition coefficient (Wildman–Crippen LogP) is 3.97. The summed E-state index contributed by atoms with van der Waals surface area (Å²) in [5.74, 6) is -1.10. The van der Waals surface area contributed by atoms with Gasteiger partial charge < -0.3 is 14.7 Å². The molecule has 4 rings (SSSR count). The van der Waals surface area contributed by atoms with Crippen molar-refractivity contribution < 1.29 is 19.4 Å². The van der Waals surface area contributed by atoms with Crippen LogP contribution in [0.15, 0.2) is 58.8 Å². The number of benzene rings is 2. The first-order chi connectivity index (χ1) is 15.1. The number of carbonyl (C=O) groups is 2. The van der Waals surface area contributed by atoms with E-state index in [1.54, 1.807) is 31.2 Å². The number of aryl methyl sites for hydroxylation is 1. The molecule has 1 amide bonds. The molecule has 1 N–H and O–H groups in total. The van der Waals surface area contributed by atoms with Crippen LogP contribution in [0.5, 0.6) is 5.88 Å². The van der Waals surface area contributed by atoms with Gasteiger partial charge >= 0.3 is 5.97 Å². The zero-order valence-electron chi connectivity index (χ0n) is 17.3. The number of anilines is 1. The standard InChI is InChI=1S/C23H24N4O4/c1-2-31-21(29)15-27-19-12-6-4-10-17(19)22(23(27)30)25-24-20(28)14-26-13-7-9-16-8-3-5-11-18(16)26/h3-6,8,10-12,30H,2,7,9,13-15H2,1H3. The highest BCUT2D eigenvalue weighted by atomic mass is 16.5. The number of esters is 1. The van der Waals surface area contributed by atoms with E-state index in [2.05, 4.69) is 16.3 Å². The highest BCUT2D eigenvalue weighted by Gasteiger charge is 2.21. The summed E-state index contributed by atoms with van der Waals surface area (Å²) >= 11 is 0. The first-order valence-corrected chi connectivity index (χ1v) is 10.3. The van der Waals surface area contributed by atoms with Gasteiger partial charge in [0.2, 0.25) is 5.88 Å². The number of hydrogen-bond donors (Lipinski definition) is 1. The lowest BCUT2D eigenvalue weighted by atomic mass is 10.0. The van der Waals surface area contributed by atoms with Crippen molar-refractivity contribution in [2.75, 3.05) is 24.6 Å². The average molecular weight is 420 g/mol. The molecular weight excluding hydrogens is 396 g/mol. The third kappa shape index (κ3) is 4.28. The van der Waals surface area contributed by atoms with Crippen molar-refractivity contribution in [3.8, 4) is 5.88 Å². The maximum absolute atomic E-state index is 12.5.